The van der Waals surface area contributed by atoms with Gasteiger partial charge in [-0.2, -0.15) is 0 Å². The summed E-state index contributed by atoms with van der Waals surface area (Å²) in [6, 6.07) is 0.978. The average Bonchev–Trinajstić information content (AvgIpc) is 3.08. The molecule has 4 nitrogen and oxygen atoms in total. The first-order chi connectivity index (χ1) is 8.30. The Balaban J connectivity index is 2.65. The molecular weight excluding hydrogens is 228 g/mol. The maximum Gasteiger partial charge on any atom is 0.323 e. The average molecular weight is 256 g/mol. The summed E-state index contributed by atoms with van der Waals surface area (Å²) in [6.45, 7) is 9.42. The van der Waals surface area contributed by atoms with Crippen LogP contribution in [0.5, 0.6) is 0 Å². The van der Waals surface area contributed by atoms with Crippen molar-refractivity contribution in [3.8, 4) is 0 Å². The molecule has 2 N–H and O–H groups in total. The second-order valence-corrected chi connectivity index (χ2v) is 6.26. The molecule has 0 saturated heterocycles. The van der Waals surface area contributed by atoms with Crippen molar-refractivity contribution in [3.63, 3.8) is 0 Å². The Hall–Kier alpha value is -0.610. The molecule has 0 radical (unpaired) electrons. The standard InChI is InChI=1S/C14H28N2O2/c1-10(2)9-16(12-6-7-12)11(3)8-14(4,15-5)13(17)18/h10-12,15H,6-9H2,1-5H3,(H,17,18). The lowest BCUT2D eigenvalue weighted by molar-refractivity contribution is -0.144. The summed E-state index contributed by atoms with van der Waals surface area (Å²) < 4.78 is 0. The summed E-state index contributed by atoms with van der Waals surface area (Å²) in [5.41, 5.74) is -0.830. The number of likely N-dealkylation sites (N-methyl/N-ethyl adjacent to an activating group) is 1. The monoisotopic (exact) mass is 256 g/mol. The predicted molar refractivity (Wildman–Crippen MR) is 73.7 cm³/mol. The zero-order valence-corrected chi connectivity index (χ0v) is 12.4. The number of hydrogen-bond donors (Lipinski definition) is 2. The number of carbonyl (C=O) groups is 1. The van der Waals surface area contributed by atoms with Crippen LogP contribution < -0.4 is 5.32 Å². The number of rotatable bonds is 8. The zero-order valence-electron chi connectivity index (χ0n) is 12.4. The number of nitrogens with one attached hydrogen (secondary N) is 1. The second-order valence-electron chi connectivity index (χ2n) is 6.26. The van der Waals surface area contributed by atoms with Gasteiger partial charge in [-0.05, 0) is 46.1 Å². The predicted octanol–water partition coefficient (Wildman–Crippen LogP) is 1.95. The maximum atomic E-state index is 11.3. The molecule has 0 spiro atoms. The largest absolute Gasteiger partial charge is 0.480 e. The third kappa shape index (κ3) is 3.95. The molecule has 0 aromatic carbocycles. The van der Waals surface area contributed by atoms with Crippen LogP contribution in [0.4, 0.5) is 0 Å². The van der Waals surface area contributed by atoms with Crippen LogP contribution in [-0.2, 0) is 4.79 Å². The number of aliphatic carboxylic acids is 1. The van der Waals surface area contributed by atoms with Gasteiger partial charge >= 0.3 is 5.97 Å². The highest BCUT2D eigenvalue weighted by molar-refractivity contribution is 5.78. The van der Waals surface area contributed by atoms with Crippen LogP contribution in [0.25, 0.3) is 0 Å². The molecule has 106 valence electrons. The summed E-state index contributed by atoms with van der Waals surface area (Å²) in [6.07, 6.45) is 3.17. The summed E-state index contributed by atoms with van der Waals surface area (Å²) in [5, 5.41) is 12.3. The van der Waals surface area contributed by atoms with Crippen LogP contribution in [0.2, 0.25) is 0 Å². The van der Waals surface area contributed by atoms with Crippen molar-refractivity contribution in [1.82, 2.24) is 10.2 Å². The fraction of sp³-hybridized carbons (Fsp3) is 0.929. The van der Waals surface area contributed by atoms with Gasteiger partial charge in [-0.25, -0.2) is 0 Å². The van der Waals surface area contributed by atoms with Gasteiger partial charge in [0.2, 0.25) is 0 Å². The van der Waals surface area contributed by atoms with Gasteiger partial charge in [0.05, 0.1) is 0 Å². The fourth-order valence-electron chi connectivity index (χ4n) is 2.52. The van der Waals surface area contributed by atoms with Gasteiger partial charge < -0.3 is 10.4 Å². The highest BCUT2D eigenvalue weighted by atomic mass is 16.4. The topological polar surface area (TPSA) is 52.6 Å². The Kier molecular flexibility index (Phi) is 5.17. The first kappa shape index (κ1) is 15.4. The Bertz CT molecular complexity index is 290. The third-order valence-corrected chi connectivity index (χ3v) is 3.89. The van der Waals surface area contributed by atoms with Gasteiger partial charge in [0.1, 0.15) is 5.54 Å². The van der Waals surface area contributed by atoms with E-state index in [9.17, 15) is 9.90 Å². The van der Waals surface area contributed by atoms with Crippen LogP contribution in [0.15, 0.2) is 0 Å². The van der Waals surface area contributed by atoms with Crippen molar-refractivity contribution in [2.45, 2.75) is 64.6 Å². The highest BCUT2D eigenvalue weighted by Gasteiger charge is 2.38. The smallest absolute Gasteiger partial charge is 0.323 e. The van der Waals surface area contributed by atoms with Crippen LogP contribution >= 0.6 is 0 Å². The van der Waals surface area contributed by atoms with E-state index in [1.165, 1.54) is 12.8 Å². The Labute approximate surface area is 111 Å². The highest BCUT2D eigenvalue weighted by Crippen LogP contribution is 2.31. The normalized spacial score (nSPS) is 21.1. The van der Waals surface area contributed by atoms with E-state index in [0.29, 0.717) is 24.4 Å². The summed E-state index contributed by atoms with van der Waals surface area (Å²) in [5.74, 6) is -0.143. The van der Waals surface area contributed by atoms with Crippen LogP contribution in [-0.4, -0.2) is 47.2 Å². The first-order valence-corrected chi connectivity index (χ1v) is 6.98. The van der Waals surface area contributed by atoms with E-state index >= 15 is 0 Å². The molecule has 4 heteroatoms. The van der Waals surface area contributed by atoms with Crippen molar-refractivity contribution >= 4 is 5.97 Å². The second kappa shape index (κ2) is 6.02. The zero-order chi connectivity index (χ0) is 13.9. The molecule has 1 saturated carbocycles. The Morgan fingerprint density at radius 2 is 2.00 bits per heavy atom. The maximum absolute atomic E-state index is 11.3. The van der Waals surface area contributed by atoms with Crippen LogP contribution in [0, 0.1) is 5.92 Å². The lowest BCUT2D eigenvalue weighted by Gasteiger charge is -2.35. The Morgan fingerprint density at radius 3 is 2.33 bits per heavy atom. The molecule has 2 atom stereocenters. The molecule has 0 bridgehead atoms. The summed E-state index contributed by atoms with van der Waals surface area (Å²) >= 11 is 0. The number of carboxylic acids is 1. The minimum absolute atomic E-state index is 0.299. The number of hydrogen-bond acceptors (Lipinski definition) is 3. The molecule has 2 unspecified atom stereocenters. The van der Waals surface area contributed by atoms with Crippen molar-refractivity contribution in [1.29, 1.82) is 0 Å². The van der Waals surface area contributed by atoms with E-state index in [-0.39, 0.29) is 0 Å². The minimum atomic E-state index is -0.830. The molecule has 0 heterocycles. The van der Waals surface area contributed by atoms with E-state index in [0.717, 1.165) is 6.54 Å². The van der Waals surface area contributed by atoms with Crippen molar-refractivity contribution < 1.29 is 9.90 Å². The molecule has 1 fully saturated rings. The Morgan fingerprint density at radius 1 is 1.44 bits per heavy atom. The van der Waals surface area contributed by atoms with E-state index < -0.39 is 11.5 Å². The van der Waals surface area contributed by atoms with Gasteiger partial charge in [-0.15, -0.1) is 0 Å². The molecular formula is C14H28N2O2. The SMILES string of the molecule is CNC(C)(CC(C)N(CC(C)C)C1CC1)C(=O)O. The van der Waals surface area contributed by atoms with Gasteiger partial charge in [0.15, 0.2) is 0 Å². The van der Waals surface area contributed by atoms with Gasteiger partial charge in [-0.3, -0.25) is 9.69 Å². The quantitative estimate of drug-likeness (QED) is 0.697. The minimum Gasteiger partial charge on any atom is -0.480 e. The molecule has 1 rings (SSSR count). The van der Waals surface area contributed by atoms with Crippen LogP contribution in [0.3, 0.4) is 0 Å². The molecule has 0 amide bonds. The van der Waals surface area contributed by atoms with Crippen molar-refractivity contribution in [3.05, 3.63) is 0 Å². The van der Waals surface area contributed by atoms with Gasteiger partial charge in [-0.1, -0.05) is 13.8 Å². The fourth-order valence-corrected chi connectivity index (χ4v) is 2.52. The molecule has 1 aliphatic rings. The first-order valence-electron chi connectivity index (χ1n) is 6.98. The lowest BCUT2D eigenvalue weighted by Crippen LogP contribution is -2.52. The van der Waals surface area contributed by atoms with E-state index in [1.54, 1.807) is 14.0 Å². The van der Waals surface area contributed by atoms with E-state index in [4.69, 9.17) is 0 Å². The number of carboxylic acid groups (broad SMARTS) is 1. The molecule has 1 aliphatic carbocycles. The number of nitrogens with zero attached hydrogens (tertiary/aromatic N) is 1. The van der Waals surface area contributed by atoms with E-state index in [1.807, 2.05) is 0 Å². The molecule has 18 heavy (non-hydrogen) atoms. The van der Waals surface area contributed by atoms with Crippen LogP contribution in [0.1, 0.15) is 47.0 Å². The van der Waals surface area contributed by atoms with Gasteiger partial charge in [0, 0.05) is 18.6 Å². The molecule has 0 aromatic heterocycles. The molecule has 0 aromatic rings. The van der Waals surface area contributed by atoms with Crippen molar-refractivity contribution in [2.24, 2.45) is 5.92 Å². The third-order valence-electron chi connectivity index (χ3n) is 3.89. The molecule has 0 aliphatic heterocycles. The summed E-state index contributed by atoms with van der Waals surface area (Å²) in [4.78, 5) is 13.8. The lowest BCUT2D eigenvalue weighted by atomic mass is 9.92. The summed E-state index contributed by atoms with van der Waals surface area (Å²) in [7, 11) is 1.73. The van der Waals surface area contributed by atoms with Crippen molar-refractivity contribution in [2.75, 3.05) is 13.6 Å². The van der Waals surface area contributed by atoms with E-state index in [2.05, 4.69) is 31.0 Å². The van der Waals surface area contributed by atoms with Gasteiger partial charge in [0.25, 0.3) is 0 Å².